The van der Waals surface area contributed by atoms with Gasteiger partial charge in [0.2, 0.25) is 5.75 Å². The van der Waals surface area contributed by atoms with Crippen molar-refractivity contribution < 1.29 is 28.2 Å². The van der Waals surface area contributed by atoms with E-state index < -0.39 is 23.3 Å². The summed E-state index contributed by atoms with van der Waals surface area (Å²) in [5.41, 5.74) is -0.860. The SMILES string of the molecule is C/C=C(/C)C(=O)OC(COc1c2occc2cc2ccc(=O)oc12)C(C)(C)O. The number of allylic oxidation sites excluding steroid dienone is 1. The van der Waals surface area contributed by atoms with Crippen LogP contribution in [0.4, 0.5) is 0 Å². The maximum Gasteiger partial charge on any atom is 0.336 e. The van der Waals surface area contributed by atoms with Gasteiger partial charge >= 0.3 is 11.6 Å². The van der Waals surface area contributed by atoms with Crippen LogP contribution in [0.2, 0.25) is 0 Å². The zero-order valence-corrected chi connectivity index (χ0v) is 16.1. The monoisotopic (exact) mass is 386 g/mol. The van der Waals surface area contributed by atoms with Gasteiger partial charge in [-0.2, -0.15) is 0 Å². The van der Waals surface area contributed by atoms with Gasteiger partial charge in [0.05, 0.1) is 11.9 Å². The van der Waals surface area contributed by atoms with Crippen molar-refractivity contribution in [2.75, 3.05) is 6.61 Å². The van der Waals surface area contributed by atoms with Crippen LogP contribution in [0.25, 0.3) is 21.9 Å². The molecule has 0 saturated heterocycles. The first-order chi connectivity index (χ1) is 13.2. The minimum atomic E-state index is -1.36. The minimum Gasteiger partial charge on any atom is -0.482 e. The Morgan fingerprint density at radius 3 is 2.64 bits per heavy atom. The topological polar surface area (TPSA) is 99.1 Å². The normalized spacial score (nSPS) is 13.7. The number of hydrogen-bond donors (Lipinski definition) is 1. The molecule has 1 atom stereocenters. The van der Waals surface area contributed by atoms with Gasteiger partial charge in [-0.15, -0.1) is 0 Å². The van der Waals surface area contributed by atoms with E-state index in [2.05, 4.69) is 0 Å². The lowest BCUT2D eigenvalue weighted by atomic mass is 10.0. The summed E-state index contributed by atoms with van der Waals surface area (Å²) in [4.78, 5) is 23.8. The van der Waals surface area contributed by atoms with Crippen molar-refractivity contribution in [3.8, 4) is 5.75 Å². The Morgan fingerprint density at radius 2 is 1.96 bits per heavy atom. The number of carbonyl (C=O) groups is 1. The molecule has 1 N–H and O–H groups in total. The summed E-state index contributed by atoms with van der Waals surface area (Å²) >= 11 is 0. The van der Waals surface area contributed by atoms with Crippen LogP contribution >= 0.6 is 0 Å². The first kappa shape index (κ1) is 19.7. The van der Waals surface area contributed by atoms with Crippen molar-refractivity contribution in [1.29, 1.82) is 0 Å². The predicted octanol–water partition coefficient (Wildman–Crippen LogP) is 3.57. The van der Waals surface area contributed by atoms with Gasteiger partial charge in [0.25, 0.3) is 0 Å². The van der Waals surface area contributed by atoms with Crippen LogP contribution in [-0.2, 0) is 9.53 Å². The Hall–Kier alpha value is -3.06. The molecule has 2 heterocycles. The molecular formula is C21H22O7. The van der Waals surface area contributed by atoms with Crippen LogP contribution < -0.4 is 10.4 Å². The van der Waals surface area contributed by atoms with Crippen molar-refractivity contribution in [2.45, 2.75) is 39.4 Å². The number of carbonyl (C=O) groups excluding carboxylic acids is 1. The quantitative estimate of drug-likeness (QED) is 0.393. The van der Waals surface area contributed by atoms with Gasteiger partial charge in [0, 0.05) is 22.4 Å². The van der Waals surface area contributed by atoms with Crippen molar-refractivity contribution in [3.63, 3.8) is 0 Å². The summed E-state index contributed by atoms with van der Waals surface area (Å²) < 4.78 is 22.1. The molecule has 2 aromatic heterocycles. The Kier molecular flexibility index (Phi) is 5.29. The van der Waals surface area contributed by atoms with Crippen molar-refractivity contribution in [2.24, 2.45) is 0 Å². The number of esters is 1. The summed E-state index contributed by atoms with van der Waals surface area (Å²) in [6.07, 6.45) is 2.15. The molecule has 7 nitrogen and oxygen atoms in total. The summed E-state index contributed by atoms with van der Waals surface area (Å²) in [6, 6.07) is 6.52. The third-order valence-corrected chi connectivity index (χ3v) is 4.45. The van der Waals surface area contributed by atoms with Crippen LogP contribution in [0, 0.1) is 0 Å². The van der Waals surface area contributed by atoms with Crippen LogP contribution in [0.1, 0.15) is 27.7 Å². The van der Waals surface area contributed by atoms with Gasteiger partial charge in [-0.3, -0.25) is 0 Å². The van der Waals surface area contributed by atoms with Crippen molar-refractivity contribution in [1.82, 2.24) is 0 Å². The lowest BCUT2D eigenvalue weighted by Gasteiger charge is -2.29. The number of furan rings is 1. The lowest BCUT2D eigenvalue weighted by molar-refractivity contribution is -0.160. The van der Waals surface area contributed by atoms with Crippen molar-refractivity contribution >= 4 is 27.9 Å². The van der Waals surface area contributed by atoms with E-state index in [1.165, 1.54) is 26.2 Å². The Morgan fingerprint density at radius 1 is 1.25 bits per heavy atom. The summed E-state index contributed by atoms with van der Waals surface area (Å²) in [5.74, 6) is -0.339. The number of aliphatic hydroxyl groups is 1. The van der Waals surface area contributed by atoms with E-state index in [0.717, 1.165) is 5.39 Å². The molecule has 0 aliphatic heterocycles. The van der Waals surface area contributed by atoms with Crippen LogP contribution in [0.5, 0.6) is 5.75 Å². The van der Waals surface area contributed by atoms with Gasteiger partial charge in [-0.25, -0.2) is 9.59 Å². The highest BCUT2D eigenvalue weighted by atomic mass is 16.6. The van der Waals surface area contributed by atoms with Gasteiger partial charge < -0.3 is 23.4 Å². The first-order valence-electron chi connectivity index (χ1n) is 8.84. The lowest BCUT2D eigenvalue weighted by Crippen LogP contribution is -2.44. The molecule has 7 heteroatoms. The Balaban J connectivity index is 1.97. The molecule has 1 unspecified atom stereocenters. The molecule has 0 saturated carbocycles. The average molecular weight is 386 g/mol. The zero-order chi connectivity index (χ0) is 20.5. The fourth-order valence-corrected chi connectivity index (χ4v) is 2.62. The minimum absolute atomic E-state index is 0.167. The second-order valence-corrected chi connectivity index (χ2v) is 7.05. The maximum absolute atomic E-state index is 12.1. The fraction of sp³-hybridized carbons (Fsp3) is 0.333. The van der Waals surface area contributed by atoms with Gasteiger partial charge in [-0.1, -0.05) is 6.08 Å². The number of rotatable bonds is 6. The maximum atomic E-state index is 12.1. The number of hydrogen-bond acceptors (Lipinski definition) is 7. The molecule has 0 aliphatic carbocycles. The Bertz CT molecular complexity index is 1100. The second-order valence-electron chi connectivity index (χ2n) is 7.05. The first-order valence-corrected chi connectivity index (χ1v) is 8.84. The van der Waals surface area contributed by atoms with Crippen molar-refractivity contribution in [3.05, 3.63) is 52.6 Å². The van der Waals surface area contributed by atoms with E-state index >= 15 is 0 Å². The van der Waals surface area contributed by atoms with Crippen LogP contribution in [0.15, 0.2) is 55.8 Å². The highest BCUT2D eigenvalue weighted by Gasteiger charge is 2.32. The largest absolute Gasteiger partial charge is 0.482 e. The van der Waals surface area contributed by atoms with E-state index in [1.807, 2.05) is 6.07 Å². The molecule has 0 fully saturated rings. The molecule has 0 amide bonds. The highest BCUT2D eigenvalue weighted by molar-refractivity contribution is 5.99. The molecule has 1 aromatic carbocycles. The standard InChI is InChI=1S/C21H22O7/c1-5-12(2)20(23)27-15(21(3,4)24)11-26-19-17-14(8-9-25-17)10-13-6-7-16(22)28-18(13)19/h5-10,15,24H,11H2,1-4H3/b12-5-. The molecule has 148 valence electrons. The predicted molar refractivity (Wildman–Crippen MR) is 103 cm³/mol. The molecule has 0 aliphatic rings. The summed E-state index contributed by atoms with van der Waals surface area (Å²) in [7, 11) is 0. The van der Waals surface area contributed by atoms with E-state index in [1.54, 1.807) is 32.1 Å². The molecule has 0 radical (unpaired) electrons. The van der Waals surface area contributed by atoms with Gasteiger partial charge in [0.15, 0.2) is 17.3 Å². The second kappa shape index (κ2) is 7.52. The smallest absolute Gasteiger partial charge is 0.336 e. The van der Waals surface area contributed by atoms with E-state index in [9.17, 15) is 14.7 Å². The molecule has 28 heavy (non-hydrogen) atoms. The fourth-order valence-electron chi connectivity index (χ4n) is 2.62. The molecular weight excluding hydrogens is 364 g/mol. The molecule has 0 bridgehead atoms. The number of fused-ring (bicyclic) bond motifs is 2. The van der Waals surface area contributed by atoms with E-state index in [4.69, 9.17) is 18.3 Å². The molecule has 3 aromatic rings. The number of benzene rings is 1. The Labute approximate surface area is 161 Å². The summed E-state index contributed by atoms with van der Waals surface area (Å²) in [5, 5.41) is 11.8. The van der Waals surface area contributed by atoms with Gasteiger partial charge in [0.1, 0.15) is 6.61 Å². The third kappa shape index (κ3) is 3.94. The number of ether oxygens (including phenoxy) is 2. The highest BCUT2D eigenvalue weighted by Crippen LogP contribution is 2.35. The third-order valence-electron chi connectivity index (χ3n) is 4.45. The average Bonchev–Trinajstić information content (AvgIpc) is 3.10. The molecule has 0 spiro atoms. The van der Waals surface area contributed by atoms with E-state index in [0.29, 0.717) is 16.5 Å². The van der Waals surface area contributed by atoms with Crippen LogP contribution in [-0.4, -0.2) is 29.4 Å². The zero-order valence-electron chi connectivity index (χ0n) is 16.1. The molecule has 3 rings (SSSR count). The van der Waals surface area contributed by atoms with Gasteiger partial charge in [-0.05, 0) is 45.9 Å². The summed E-state index contributed by atoms with van der Waals surface area (Å²) in [6.45, 7) is 6.21. The van der Waals surface area contributed by atoms with Crippen LogP contribution in [0.3, 0.4) is 0 Å². The van der Waals surface area contributed by atoms with E-state index in [-0.39, 0.29) is 17.9 Å².